The fourth-order valence-electron chi connectivity index (χ4n) is 6.02. The van der Waals surface area contributed by atoms with E-state index in [1.165, 1.54) is 10.9 Å². The van der Waals surface area contributed by atoms with Gasteiger partial charge in [0.1, 0.15) is 5.39 Å². The van der Waals surface area contributed by atoms with Crippen LogP contribution >= 0.6 is 0 Å². The number of halogens is 1. The molecule has 7 rings (SSSR count). The lowest BCUT2D eigenvalue weighted by Gasteiger charge is -2.22. The molecule has 0 atom stereocenters. The first-order valence-electron chi connectivity index (χ1n) is 12.2. The van der Waals surface area contributed by atoms with Gasteiger partial charge in [0.15, 0.2) is 41.0 Å². The van der Waals surface area contributed by atoms with Gasteiger partial charge in [0.25, 0.3) is 0 Å². The van der Waals surface area contributed by atoms with Crippen molar-refractivity contribution in [2.75, 3.05) is 35.2 Å². The van der Waals surface area contributed by atoms with E-state index in [0.717, 1.165) is 74.3 Å². The van der Waals surface area contributed by atoms with Gasteiger partial charge in [0.2, 0.25) is 18.0 Å². The van der Waals surface area contributed by atoms with E-state index in [2.05, 4.69) is 41.0 Å². The van der Waals surface area contributed by atoms with Gasteiger partial charge in [-0.2, -0.15) is 4.57 Å². The highest BCUT2D eigenvalue weighted by Crippen LogP contribution is 2.48. The fraction of sp³-hybridized carbons (Fsp3) is 0.233. The van der Waals surface area contributed by atoms with Gasteiger partial charge >= 0.3 is 0 Å². The summed E-state index contributed by atoms with van der Waals surface area (Å²) in [7, 11) is 6.74. The second kappa shape index (κ2) is 9.13. The number of pyridine rings is 1. The molecule has 0 saturated heterocycles. The Morgan fingerprint density at radius 2 is 1.42 bits per heavy atom. The first-order chi connectivity index (χ1) is 18.2. The number of aryl methyl sites for hydroxylation is 2. The molecule has 194 valence electrons. The van der Waals surface area contributed by atoms with Crippen molar-refractivity contribution in [3.63, 3.8) is 0 Å². The van der Waals surface area contributed by atoms with Gasteiger partial charge in [-0.15, -0.1) is 0 Å². The maximum atomic E-state index is 5.99. The quantitative estimate of drug-likeness (QED) is 0.237. The molecule has 0 N–H and O–H groups in total. The topological polar surface area (TPSA) is 59.3 Å². The van der Waals surface area contributed by atoms with Gasteiger partial charge in [-0.05, 0) is 54.1 Å². The number of aromatic nitrogens is 1. The average molecular weight is 576 g/mol. The van der Waals surface area contributed by atoms with Crippen molar-refractivity contribution in [1.82, 2.24) is 0 Å². The van der Waals surface area contributed by atoms with Gasteiger partial charge in [-0.3, -0.25) is 0 Å². The third-order valence-electron chi connectivity index (χ3n) is 7.56. The minimum Gasteiger partial charge on any atom is -1.00 e. The van der Waals surface area contributed by atoms with Crippen LogP contribution in [0.1, 0.15) is 5.56 Å². The minimum absolute atomic E-state index is 0. The molecule has 0 radical (unpaired) electrons. The summed E-state index contributed by atoms with van der Waals surface area (Å²) in [6.45, 7) is 1.02. The van der Waals surface area contributed by atoms with Crippen molar-refractivity contribution in [1.29, 1.82) is 0 Å². The van der Waals surface area contributed by atoms with Crippen LogP contribution in [0.15, 0.2) is 48.5 Å². The van der Waals surface area contributed by atoms with Crippen LogP contribution < -0.4 is 50.0 Å². The van der Waals surface area contributed by atoms with Crippen molar-refractivity contribution >= 4 is 32.4 Å². The van der Waals surface area contributed by atoms with E-state index >= 15 is 0 Å². The second-order valence-electron chi connectivity index (χ2n) is 9.20. The average Bonchev–Trinajstić information content (AvgIpc) is 3.42. The molecule has 0 bridgehead atoms. The Morgan fingerprint density at radius 3 is 2.18 bits per heavy atom. The predicted molar refractivity (Wildman–Crippen MR) is 141 cm³/mol. The molecule has 0 aliphatic carbocycles. The van der Waals surface area contributed by atoms with Gasteiger partial charge < -0.3 is 45.4 Å². The second-order valence-corrected chi connectivity index (χ2v) is 9.20. The zero-order chi connectivity index (χ0) is 25.3. The first-order valence-corrected chi connectivity index (χ1v) is 12.2. The first kappa shape index (κ1) is 24.4. The van der Waals surface area contributed by atoms with E-state index in [1.54, 1.807) is 28.4 Å². The molecule has 4 aromatic carbocycles. The van der Waals surface area contributed by atoms with Gasteiger partial charge in [0, 0.05) is 17.2 Å². The highest BCUT2D eigenvalue weighted by Gasteiger charge is 2.33. The van der Waals surface area contributed by atoms with Crippen LogP contribution in [0.2, 0.25) is 0 Å². The zero-order valence-corrected chi connectivity index (χ0v) is 23.1. The Morgan fingerprint density at radius 1 is 0.684 bits per heavy atom. The zero-order valence-electron chi connectivity index (χ0n) is 21.5. The normalized spacial score (nSPS) is 13.2. The van der Waals surface area contributed by atoms with Crippen LogP contribution in [0.4, 0.5) is 0 Å². The lowest BCUT2D eigenvalue weighted by atomic mass is 9.90. The molecule has 0 unspecified atom stereocenters. The third kappa shape index (κ3) is 3.22. The number of benzene rings is 4. The van der Waals surface area contributed by atoms with Gasteiger partial charge in [-0.1, -0.05) is 0 Å². The summed E-state index contributed by atoms with van der Waals surface area (Å²) in [5.41, 5.74) is 4.47. The summed E-state index contributed by atoms with van der Waals surface area (Å²) < 4.78 is 37.0. The smallest absolute Gasteiger partial charge is 0.231 e. The molecule has 5 aromatic rings. The van der Waals surface area contributed by atoms with Crippen LogP contribution in [-0.2, 0) is 13.0 Å². The Labute approximate surface area is 230 Å². The van der Waals surface area contributed by atoms with Crippen molar-refractivity contribution in [2.24, 2.45) is 0 Å². The lowest BCUT2D eigenvalue weighted by molar-refractivity contribution is -0.659. The number of hydrogen-bond acceptors (Lipinski definition) is 6. The highest BCUT2D eigenvalue weighted by atomic mass is 79.9. The number of ether oxygens (including phenoxy) is 6. The summed E-state index contributed by atoms with van der Waals surface area (Å²) in [4.78, 5) is 0. The summed E-state index contributed by atoms with van der Waals surface area (Å²) in [5, 5.41) is 5.44. The number of methoxy groups -OCH3 is 4. The van der Waals surface area contributed by atoms with E-state index in [-0.39, 0.29) is 23.8 Å². The molecule has 0 amide bonds. The Bertz CT molecular complexity index is 1770. The number of rotatable bonds is 5. The van der Waals surface area contributed by atoms with Crippen LogP contribution in [0.5, 0.6) is 34.5 Å². The Hall–Kier alpha value is -3.91. The van der Waals surface area contributed by atoms with E-state index in [1.807, 2.05) is 12.1 Å². The molecule has 8 heteroatoms. The van der Waals surface area contributed by atoms with Crippen LogP contribution in [0, 0.1) is 0 Å². The van der Waals surface area contributed by atoms with Crippen LogP contribution in [0.3, 0.4) is 0 Å². The van der Waals surface area contributed by atoms with Crippen LogP contribution in [-0.4, -0.2) is 35.2 Å². The van der Waals surface area contributed by atoms with E-state index in [4.69, 9.17) is 28.4 Å². The molecule has 3 heterocycles. The Balaban J connectivity index is 0.00000264. The monoisotopic (exact) mass is 575 g/mol. The molecular weight excluding hydrogens is 550 g/mol. The van der Waals surface area contributed by atoms with E-state index in [9.17, 15) is 0 Å². The molecular formula is C30H26BrNO6. The fourth-order valence-corrected chi connectivity index (χ4v) is 6.02. The SMILES string of the molecule is COc1cc2c3c(ccc4c5ccc(OC)c(OC)c5c(-c5ccc6c(c5)OCO6)[n+](c43)CC2)c1OC.[Br-]. The summed E-state index contributed by atoms with van der Waals surface area (Å²) in [5.74, 6) is 4.38. The number of hydrogen-bond donors (Lipinski definition) is 0. The van der Waals surface area contributed by atoms with Crippen molar-refractivity contribution in [2.45, 2.75) is 13.0 Å². The molecule has 2 aliphatic rings. The maximum Gasteiger partial charge on any atom is 0.231 e. The van der Waals surface area contributed by atoms with Crippen molar-refractivity contribution < 1.29 is 50.0 Å². The standard InChI is InChI=1S/C30H26NO6.BrH/c1-32-22-10-8-18-19-6-7-20-25-16(13-24(33-2)29(20)34-3)11-12-31(28(19)25)27(26(18)30(22)35-4)17-5-9-21-23(14-17)37-15-36-21;/h5-10,13-14H,11-12,15H2,1-4H3;1H/q+1;/p-1. The molecule has 38 heavy (non-hydrogen) atoms. The summed E-state index contributed by atoms with van der Waals surface area (Å²) >= 11 is 0. The predicted octanol–water partition coefficient (Wildman–Crippen LogP) is 2.42. The molecule has 0 fully saturated rings. The Kier molecular flexibility index (Phi) is 5.87. The van der Waals surface area contributed by atoms with E-state index < -0.39 is 0 Å². The number of nitrogens with zero attached hydrogens (tertiary/aromatic N) is 1. The van der Waals surface area contributed by atoms with Crippen molar-refractivity contribution in [3.8, 4) is 45.8 Å². The maximum absolute atomic E-state index is 5.99. The minimum atomic E-state index is 0. The molecule has 0 saturated carbocycles. The molecule has 0 spiro atoms. The largest absolute Gasteiger partial charge is 1.00 e. The summed E-state index contributed by atoms with van der Waals surface area (Å²) in [6.07, 6.45) is 0.850. The van der Waals surface area contributed by atoms with Crippen molar-refractivity contribution in [3.05, 3.63) is 54.1 Å². The number of fused-ring (bicyclic) bond motifs is 3. The van der Waals surface area contributed by atoms with Gasteiger partial charge in [0.05, 0.1) is 44.8 Å². The third-order valence-corrected chi connectivity index (χ3v) is 7.56. The molecule has 1 aromatic heterocycles. The van der Waals surface area contributed by atoms with E-state index in [0.29, 0.717) is 11.5 Å². The van der Waals surface area contributed by atoms with Gasteiger partial charge in [-0.25, -0.2) is 0 Å². The lowest BCUT2D eigenvalue weighted by Crippen LogP contribution is -3.00. The van der Waals surface area contributed by atoms with Crippen LogP contribution in [0.25, 0.3) is 43.7 Å². The highest BCUT2D eigenvalue weighted by molar-refractivity contribution is 6.19. The molecule has 7 nitrogen and oxygen atoms in total. The molecule has 2 aliphatic heterocycles. The summed E-state index contributed by atoms with van der Waals surface area (Å²) in [6, 6.07) is 16.6.